The molecular formula is C25H28FN3O. The monoisotopic (exact) mass is 405 g/mol. The van der Waals surface area contributed by atoms with Crippen LogP contribution in [0.4, 0.5) is 10.1 Å². The molecule has 1 aliphatic heterocycles. The normalized spacial score (nSPS) is 20.4. The van der Waals surface area contributed by atoms with E-state index in [0.29, 0.717) is 13.0 Å². The van der Waals surface area contributed by atoms with Crippen LogP contribution in [-0.4, -0.2) is 22.0 Å². The summed E-state index contributed by atoms with van der Waals surface area (Å²) >= 11 is 0. The van der Waals surface area contributed by atoms with Crippen LogP contribution in [0.1, 0.15) is 56.7 Å². The SMILES string of the molecule is O=C1C[C@H](c2nc3ccccc3n2CCC2CCCCC2)CN1c1ccc(F)cc1. The van der Waals surface area contributed by atoms with Gasteiger partial charge in [0.05, 0.1) is 11.0 Å². The van der Waals surface area contributed by atoms with Gasteiger partial charge in [-0.3, -0.25) is 4.79 Å². The predicted octanol–water partition coefficient (Wildman–Crippen LogP) is 5.67. The molecule has 30 heavy (non-hydrogen) atoms. The molecule has 0 radical (unpaired) electrons. The van der Waals surface area contributed by atoms with E-state index >= 15 is 0 Å². The van der Waals surface area contributed by atoms with Crippen LogP contribution in [0.5, 0.6) is 0 Å². The van der Waals surface area contributed by atoms with E-state index in [9.17, 15) is 9.18 Å². The fourth-order valence-corrected chi connectivity index (χ4v) is 5.18. The fourth-order valence-electron chi connectivity index (χ4n) is 5.18. The lowest BCUT2D eigenvalue weighted by Crippen LogP contribution is -2.24. The molecule has 1 atom stereocenters. The van der Waals surface area contributed by atoms with Crippen LogP contribution in [0.3, 0.4) is 0 Å². The van der Waals surface area contributed by atoms with Crippen molar-refractivity contribution in [3.05, 3.63) is 60.2 Å². The predicted molar refractivity (Wildman–Crippen MR) is 117 cm³/mol. The number of para-hydroxylation sites is 2. The number of carbonyl (C=O) groups is 1. The van der Waals surface area contributed by atoms with Crippen molar-refractivity contribution in [3.63, 3.8) is 0 Å². The summed E-state index contributed by atoms with van der Waals surface area (Å²) in [4.78, 5) is 19.5. The number of benzene rings is 2. The van der Waals surface area contributed by atoms with Gasteiger partial charge in [-0.2, -0.15) is 0 Å². The molecule has 156 valence electrons. The molecule has 0 bridgehead atoms. The van der Waals surface area contributed by atoms with Crippen LogP contribution in [0.2, 0.25) is 0 Å². The minimum atomic E-state index is -0.286. The van der Waals surface area contributed by atoms with Crippen molar-refractivity contribution < 1.29 is 9.18 Å². The number of nitrogens with zero attached hydrogens (tertiary/aromatic N) is 3. The molecule has 1 aliphatic carbocycles. The molecule has 3 aromatic rings. The van der Waals surface area contributed by atoms with Crippen LogP contribution >= 0.6 is 0 Å². The minimum Gasteiger partial charge on any atom is -0.328 e. The second-order valence-corrected chi connectivity index (χ2v) is 8.78. The van der Waals surface area contributed by atoms with Crippen molar-refractivity contribution in [1.29, 1.82) is 0 Å². The van der Waals surface area contributed by atoms with Gasteiger partial charge in [0, 0.05) is 31.1 Å². The summed E-state index contributed by atoms with van der Waals surface area (Å²) in [5.74, 6) is 1.67. The van der Waals surface area contributed by atoms with Gasteiger partial charge in [0.15, 0.2) is 0 Å². The lowest BCUT2D eigenvalue weighted by atomic mass is 9.87. The van der Waals surface area contributed by atoms with Crippen molar-refractivity contribution in [2.45, 2.75) is 57.4 Å². The Morgan fingerprint density at radius 1 is 1.00 bits per heavy atom. The van der Waals surface area contributed by atoms with Crippen molar-refractivity contribution in [2.24, 2.45) is 5.92 Å². The van der Waals surface area contributed by atoms with Crippen LogP contribution in [0.25, 0.3) is 11.0 Å². The van der Waals surface area contributed by atoms with Crippen LogP contribution in [0.15, 0.2) is 48.5 Å². The number of hydrogen-bond donors (Lipinski definition) is 0. The standard InChI is InChI=1S/C25H28FN3O/c26-20-10-12-21(13-11-20)29-17-19(16-24(29)30)25-27-22-8-4-5-9-23(22)28(25)15-14-18-6-2-1-3-7-18/h4-5,8-13,18-19H,1-3,6-7,14-17H2/t19-/m0/s1. The Bertz CT molecular complexity index is 1040. The van der Waals surface area contributed by atoms with E-state index in [-0.39, 0.29) is 17.6 Å². The van der Waals surface area contributed by atoms with E-state index in [4.69, 9.17) is 4.98 Å². The van der Waals surface area contributed by atoms with Crippen molar-refractivity contribution >= 4 is 22.6 Å². The van der Waals surface area contributed by atoms with E-state index in [2.05, 4.69) is 22.8 Å². The van der Waals surface area contributed by atoms with Gasteiger partial charge in [0.2, 0.25) is 5.91 Å². The summed E-state index contributed by atoms with van der Waals surface area (Å²) in [6, 6.07) is 14.5. The molecule has 0 spiro atoms. The number of amides is 1. The Labute approximate surface area is 176 Å². The zero-order valence-electron chi connectivity index (χ0n) is 17.3. The Morgan fingerprint density at radius 3 is 2.57 bits per heavy atom. The van der Waals surface area contributed by atoms with Crippen LogP contribution in [-0.2, 0) is 11.3 Å². The Balaban J connectivity index is 1.42. The molecule has 0 unspecified atom stereocenters. The van der Waals surface area contributed by atoms with Gasteiger partial charge >= 0.3 is 0 Å². The first kappa shape index (κ1) is 19.3. The number of imidazole rings is 1. The summed E-state index contributed by atoms with van der Waals surface area (Å²) in [6.07, 6.45) is 8.38. The molecule has 2 aromatic carbocycles. The van der Waals surface area contributed by atoms with E-state index < -0.39 is 0 Å². The van der Waals surface area contributed by atoms with Gasteiger partial charge in [-0.05, 0) is 48.7 Å². The van der Waals surface area contributed by atoms with E-state index in [0.717, 1.165) is 35.0 Å². The van der Waals surface area contributed by atoms with Crippen molar-refractivity contribution in [2.75, 3.05) is 11.4 Å². The molecule has 5 rings (SSSR count). The first-order valence-corrected chi connectivity index (χ1v) is 11.2. The van der Waals surface area contributed by atoms with Gasteiger partial charge in [0.1, 0.15) is 11.6 Å². The van der Waals surface area contributed by atoms with Crippen LogP contribution < -0.4 is 4.90 Å². The first-order valence-electron chi connectivity index (χ1n) is 11.2. The van der Waals surface area contributed by atoms with Gasteiger partial charge in [-0.25, -0.2) is 9.37 Å². The highest BCUT2D eigenvalue weighted by Crippen LogP contribution is 2.34. The third-order valence-electron chi connectivity index (χ3n) is 6.80. The number of hydrogen-bond acceptors (Lipinski definition) is 2. The summed E-state index contributed by atoms with van der Waals surface area (Å²) in [6.45, 7) is 1.55. The zero-order valence-corrected chi connectivity index (χ0v) is 17.3. The highest BCUT2D eigenvalue weighted by atomic mass is 19.1. The average Bonchev–Trinajstić information content (AvgIpc) is 3.34. The molecule has 1 amide bonds. The molecule has 1 aromatic heterocycles. The molecule has 4 nitrogen and oxygen atoms in total. The number of rotatable bonds is 5. The molecule has 1 saturated heterocycles. The maximum absolute atomic E-state index is 13.3. The highest BCUT2D eigenvalue weighted by Gasteiger charge is 2.35. The minimum absolute atomic E-state index is 0.0568. The summed E-state index contributed by atoms with van der Waals surface area (Å²) in [5.41, 5.74) is 2.92. The Morgan fingerprint density at radius 2 is 1.77 bits per heavy atom. The molecular weight excluding hydrogens is 377 g/mol. The third kappa shape index (κ3) is 3.73. The maximum atomic E-state index is 13.3. The number of aryl methyl sites for hydroxylation is 1. The molecule has 2 heterocycles. The molecule has 0 N–H and O–H groups in total. The number of halogens is 1. The van der Waals surface area contributed by atoms with Crippen molar-refractivity contribution in [3.8, 4) is 0 Å². The summed E-state index contributed by atoms with van der Waals surface area (Å²) in [7, 11) is 0. The van der Waals surface area contributed by atoms with Crippen LogP contribution in [0, 0.1) is 11.7 Å². The van der Waals surface area contributed by atoms with Gasteiger partial charge in [-0.1, -0.05) is 44.2 Å². The smallest absolute Gasteiger partial charge is 0.227 e. The number of fused-ring (bicyclic) bond motifs is 1. The molecule has 1 saturated carbocycles. The van der Waals surface area contributed by atoms with E-state index in [1.807, 2.05) is 6.07 Å². The highest BCUT2D eigenvalue weighted by molar-refractivity contribution is 5.96. The lowest BCUT2D eigenvalue weighted by molar-refractivity contribution is -0.117. The Kier molecular flexibility index (Phi) is 5.28. The number of carbonyl (C=O) groups excluding carboxylic acids is 1. The third-order valence-corrected chi connectivity index (χ3v) is 6.80. The second kappa shape index (κ2) is 8.21. The molecule has 2 fully saturated rings. The van der Waals surface area contributed by atoms with Gasteiger partial charge in [0.25, 0.3) is 0 Å². The summed E-state index contributed by atoms with van der Waals surface area (Å²) < 4.78 is 15.7. The zero-order chi connectivity index (χ0) is 20.5. The summed E-state index contributed by atoms with van der Waals surface area (Å²) in [5, 5.41) is 0. The number of anilines is 1. The quantitative estimate of drug-likeness (QED) is 0.549. The van der Waals surface area contributed by atoms with Crippen molar-refractivity contribution in [1.82, 2.24) is 9.55 Å². The van der Waals surface area contributed by atoms with Gasteiger partial charge in [-0.15, -0.1) is 0 Å². The number of aromatic nitrogens is 2. The van der Waals surface area contributed by atoms with Gasteiger partial charge < -0.3 is 9.47 Å². The Hall–Kier alpha value is -2.69. The second-order valence-electron chi connectivity index (χ2n) is 8.78. The average molecular weight is 406 g/mol. The fraction of sp³-hybridized carbons (Fsp3) is 0.440. The largest absolute Gasteiger partial charge is 0.328 e. The maximum Gasteiger partial charge on any atom is 0.227 e. The molecule has 2 aliphatic rings. The van der Waals surface area contributed by atoms with E-state index in [1.165, 1.54) is 50.7 Å². The topological polar surface area (TPSA) is 38.1 Å². The first-order chi connectivity index (χ1) is 14.7. The molecule has 5 heteroatoms. The lowest BCUT2D eigenvalue weighted by Gasteiger charge is -2.23. The van der Waals surface area contributed by atoms with E-state index in [1.54, 1.807) is 17.0 Å².